The number of hydrogen-bond donors (Lipinski definition) is 2. The molecule has 1 aliphatic heterocycles. The van der Waals surface area contributed by atoms with Gasteiger partial charge in [0.1, 0.15) is 11.6 Å². The van der Waals surface area contributed by atoms with Crippen LogP contribution in [0.4, 0.5) is 14.6 Å². The van der Waals surface area contributed by atoms with Crippen LogP contribution in [0.5, 0.6) is 0 Å². The van der Waals surface area contributed by atoms with Crippen molar-refractivity contribution in [3.8, 4) is 0 Å². The van der Waals surface area contributed by atoms with E-state index >= 15 is 0 Å². The lowest BCUT2D eigenvalue weighted by atomic mass is 9.83. The van der Waals surface area contributed by atoms with Gasteiger partial charge in [-0.05, 0) is 64.0 Å². The molecule has 11 heteroatoms. The summed E-state index contributed by atoms with van der Waals surface area (Å²) < 4.78 is 38.8. The molecular formula is C30H39F2N5O4. The van der Waals surface area contributed by atoms with E-state index in [9.17, 15) is 18.4 Å². The van der Waals surface area contributed by atoms with E-state index in [0.29, 0.717) is 48.1 Å². The summed E-state index contributed by atoms with van der Waals surface area (Å²) in [5, 5.41) is 6.62. The Hall–Kier alpha value is -3.18. The van der Waals surface area contributed by atoms with Crippen molar-refractivity contribution in [2.24, 2.45) is 5.41 Å². The number of carbonyl (C=O) groups excluding carboxylic acids is 2. The average molecular weight is 572 g/mol. The molecule has 41 heavy (non-hydrogen) atoms. The Morgan fingerprint density at radius 1 is 1.07 bits per heavy atom. The molecule has 2 saturated carbocycles. The molecule has 1 saturated heterocycles. The van der Waals surface area contributed by atoms with Crippen LogP contribution in [0, 0.1) is 19.3 Å². The van der Waals surface area contributed by atoms with Gasteiger partial charge < -0.3 is 25.0 Å². The molecule has 0 unspecified atom stereocenters. The number of benzene rings is 1. The molecule has 2 aliphatic carbocycles. The predicted molar refractivity (Wildman–Crippen MR) is 148 cm³/mol. The third kappa shape index (κ3) is 5.66. The van der Waals surface area contributed by atoms with Crippen molar-refractivity contribution in [1.82, 2.24) is 20.2 Å². The second-order valence-electron chi connectivity index (χ2n) is 11.9. The molecule has 9 nitrogen and oxygen atoms in total. The Labute approximate surface area is 239 Å². The molecule has 0 radical (unpaired) electrons. The van der Waals surface area contributed by atoms with E-state index in [-0.39, 0.29) is 29.8 Å². The van der Waals surface area contributed by atoms with E-state index in [1.807, 2.05) is 13.0 Å². The van der Waals surface area contributed by atoms with Crippen LogP contribution in [0.25, 0.3) is 0 Å². The number of carbonyl (C=O) groups is 2. The first-order valence-electron chi connectivity index (χ1n) is 14.2. The van der Waals surface area contributed by atoms with Gasteiger partial charge in [-0.2, -0.15) is 0 Å². The topological polar surface area (TPSA) is 106 Å². The third-order valence-electron chi connectivity index (χ3n) is 8.90. The first-order chi connectivity index (χ1) is 19.4. The number of ether oxygens (including phenoxy) is 2. The van der Waals surface area contributed by atoms with Crippen LogP contribution in [0.2, 0.25) is 0 Å². The standard InChI is InChI=1S/C30H39F2N5O4/c1-17-20(7-6-8-21(17)25(31)32)18(2)33-26-24(27-40-13-14-41-27)22(34-19(3)35-26)15-23(38)36-30-11-9-29(16-30,10-12-30)28(39)37(4)5/h6-8,18,25,27H,9-16H2,1-5H3,(H,36,38)(H,33,34,35)/t18-,29?,30?/m1/s1. The van der Waals surface area contributed by atoms with Crippen molar-refractivity contribution in [3.63, 3.8) is 0 Å². The molecular weight excluding hydrogens is 532 g/mol. The lowest BCUT2D eigenvalue weighted by molar-refractivity contribution is -0.139. The maximum Gasteiger partial charge on any atom is 0.264 e. The van der Waals surface area contributed by atoms with Crippen molar-refractivity contribution >= 4 is 17.6 Å². The maximum atomic E-state index is 13.6. The third-order valence-corrected chi connectivity index (χ3v) is 8.90. The van der Waals surface area contributed by atoms with Crippen molar-refractivity contribution in [2.45, 2.75) is 83.6 Å². The van der Waals surface area contributed by atoms with E-state index in [1.165, 1.54) is 6.07 Å². The average Bonchev–Trinajstić information content (AvgIpc) is 3.64. The highest BCUT2D eigenvalue weighted by Gasteiger charge is 2.58. The Kier molecular flexibility index (Phi) is 8.04. The van der Waals surface area contributed by atoms with Gasteiger partial charge >= 0.3 is 0 Å². The zero-order valence-corrected chi connectivity index (χ0v) is 24.4. The summed E-state index contributed by atoms with van der Waals surface area (Å²) in [6.45, 7) is 6.09. The molecule has 2 N–H and O–H groups in total. The maximum absolute atomic E-state index is 13.6. The number of rotatable bonds is 9. The minimum atomic E-state index is -2.57. The highest BCUT2D eigenvalue weighted by Crippen LogP contribution is 2.57. The fourth-order valence-corrected chi connectivity index (χ4v) is 6.95. The van der Waals surface area contributed by atoms with Gasteiger partial charge in [-0.15, -0.1) is 0 Å². The number of hydrogen-bond acceptors (Lipinski definition) is 7. The van der Waals surface area contributed by atoms with Gasteiger partial charge in [-0.3, -0.25) is 9.59 Å². The van der Waals surface area contributed by atoms with Crippen molar-refractivity contribution < 1.29 is 27.8 Å². The number of halogens is 2. The van der Waals surface area contributed by atoms with Crippen LogP contribution >= 0.6 is 0 Å². The van der Waals surface area contributed by atoms with Gasteiger partial charge in [0, 0.05) is 25.2 Å². The van der Waals surface area contributed by atoms with Crippen LogP contribution in [0.15, 0.2) is 18.2 Å². The van der Waals surface area contributed by atoms with E-state index < -0.39 is 23.7 Å². The van der Waals surface area contributed by atoms with E-state index in [2.05, 4.69) is 20.6 Å². The number of aryl methyl sites for hydroxylation is 1. The number of alkyl halides is 2. The number of nitrogens with zero attached hydrogens (tertiary/aromatic N) is 3. The molecule has 2 amide bonds. The highest BCUT2D eigenvalue weighted by molar-refractivity contribution is 5.85. The first-order valence-corrected chi connectivity index (χ1v) is 14.2. The fourth-order valence-electron chi connectivity index (χ4n) is 6.95. The predicted octanol–water partition coefficient (Wildman–Crippen LogP) is 4.70. The first kappa shape index (κ1) is 29.3. The van der Waals surface area contributed by atoms with Gasteiger partial charge in [0.15, 0.2) is 6.29 Å². The molecule has 2 aromatic rings. The summed E-state index contributed by atoms with van der Waals surface area (Å²) in [5.74, 6) is 0.848. The fraction of sp³-hybridized carbons (Fsp3) is 0.600. The summed E-state index contributed by atoms with van der Waals surface area (Å²) >= 11 is 0. The van der Waals surface area contributed by atoms with Gasteiger partial charge in [0.2, 0.25) is 11.8 Å². The Balaban J connectivity index is 1.40. The van der Waals surface area contributed by atoms with Crippen molar-refractivity contribution in [1.29, 1.82) is 0 Å². The molecule has 2 bridgehead atoms. The Morgan fingerprint density at radius 3 is 2.37 bits per heavy atom. The summed E-state index contributed by atoms with van der Waals surface area (Å²) in [4.78, 5) is 37.3. The molecule has 1 aromatic heterocycles. The van der Waals surface area contributed by atoms with Crippen LogP contribution in [-0.2, 0) is 25.5 Å². The van der Waals surface area contributed by atoms with Crippen LogP contribution in [0.1, 0.15) is 91.6 Å². The summed E-state index contributed by atoms with van der Waals surface area (Å²) in [5.41, 5.74) is 1.45. The van der Waals surface area contributed by atoms with E-state index in [0.717, 1.165) is 31.2 Å². The minimum Gasteiger partial charge on any atom is -0.363 e. The van der Waals surface area contributed by atoms with Crippen LogP contribution < -0.4 is 10.6 Å². The molecule has 3 fully saturated rings. The quantitative estimate of drug-likeness (QED) is 0.450. The molecule has 0 spiro atoms. The van der Waals surface area contributed by atoms with Crippen LogP contribution in [0.3, 0.4) is 0 Å². The number of aromatic nitrogens is 2. The zero-order chi connectivity index (χ0) is 29.5. The largest absolute Gasteiger partial charge is 0.363 e. The number of fused-ring (bicyclic) bond motifs is 2. The molecule has 5 rings (SSSR count). The van der Waals surface area contributed by atoms with Crippen molar-refractivity contribution in [3.05, 3.63) is 52.0 Å². The van der Waals surface area contributed by atoms with E-state index in [4.69, 9.17) is 9.47 Å². The minimum absolute atomic E-state index is 0.00966. The monoisotopic (exact) mass is 571 g/mol. The van der Waals surface area contributed by atoms with Gasteiger partial charge in [-0.25, -0.2) is 18.7 Å². The zero-order valence-electron chi connectivity index (χ0n) is 24.4. The smallest absolute Gasteiger partial charge is 0.264 e. The lowest BCUT2D eigenvalue weighted by Crippen LogP contribution is -2.46. The molecule has 1 aromatic carbocycles. The highest BCUT2D eigenvalue weighted by atomic mass is 19.3. The Bertz CT molecular complexity index is 1320. The summed E-state index contributed by atoms with van der Waals surface area (Å²) in [7, 11) is 3.56. The summed E-state index contributed by atoms with van der Waals surface area (Å²) in [6.07, 6.45) is 0.371. The number of nitrogens with one attached hydrogen (secondary N) is 2. The summed E-state index contributed by atoms with van der Waals surface area (Å²) in [6, 6.07) is 4.50. The SMILES string of the molecule is Cc1nc(CC(=O)NC23CCC(C(=O)N(C)C)(CC2)C3)c(C2OCCO2)c(N[C@H](C)c2cccc(C(F)F)c2C)n1. The molecule has 222 valence electrons. The molecule has 2 heterocycles. The van der Waals surface area contributed by atoms with Gasteiger partial charge in [0.25, 0.3) is 6.43 Å². The van der Waals surface area contributed by atoms with Gasteiger partial charge in [0.05, 0.1) is 42.3 Å². The molecule has 1 atom stereocenters. The van der Waals surface area contributed by atoms with Crippen molar-refractivity contribution in [2.75, 3.05) is 32.6 Å². The van der Waals surface area contributed by atoms with Crippen LogP contribution in [-0.4, -0.2) is 59.5 Å². The second kappa shape index (κ2) is 11.2. The second-order valence-corrected chi connectivity index (χ2v) is 11.9. The normalized spacial score (nSPS) is 24.6. The van der Waals surface area contributed by atoms with E-state index in [1.54, 1.807) is 38.9 Å². The lowest BCUT2D eigenvalue weighted by Gasteiger charge is -2.29. The number of amides is 2. The van der Waals surface area contributed by atoms with Gasteiger partial charge in [-0.1, -0.05) is 18.2 Å². The molecule has 3 aliphatic rings. The number of anilines is 1. The Morgan fingerprint density at radius 2 is 1.73 bits per heavy atom.